The first-order valence-corrected chi connectivity index (χ1v) is 6.42. The molecule has 0 aromatic heterocycles. The van der Waals surface area contributed by atoms with Gasteiger partial charge in [0.15, 0.2) is 0 Å². The number of benzene rings is 2. The zero-order valence-corrected chi connectivity index (χ0v) is 11.4. The molecule has 0 fully saturated rings. The lowest BCUT2D eigenvalue weighted by molar-refractivity contribution is 0.723. The van der Waals surface area contributed by atoms with E-state index in [1.54, 1.807) is 0 Å². The normalized spacial score (nSPS) is 11.9. The van der Waals surface area contributed by atoms with Crippen molar-refractivity contribution in [3.05, 3.63) is 71.8 Å². The third-order valence-electron chi connectivity index (χ3n) is 3.52. The average Bonchev–Trinajstić information content (AvgIpc) is 2.40. The van der Waals surface area contributed by atoms with E-state index in [-0.39, 0.29) is 5.41 Å². The quantitative estimate of drug-likeness (QED) is 0.646. The predicted molar refractivity (Wildman–Crippen MR) is 83.0 cm³/mol. The van der Waals surface area contributed by atoms with Crippen LogP contribution in [0.5, 0.6) is 0 Å². The molecule has 0 saturated heterocycles. The Morgan fingerprint density at radius 1 is 0.789 bits per heavy atom. The lowest BCUT2D eigenvalue weighted by atomic mass is 9.76. The molecular weight excluding hydrogens is 232 g/mol. The summed E-state index contributed by atoms with van der Waals surface area (Å²) in [5, 5.41) is 0. The van der Waals surface area contributed by atoms with Gasteiger partial charge >= 0.3 is 0 Å². The van der Waals surface area contributed by atoms with E-state index in [2.05, 4.69) is 43.3 Å². The number of nitrogen functional groups attached to an aromatic ring is 2. The van der Waals surface area contributed by atoms with E-state index in [0.717, 1.165) is 11.4 Å². The predicted octanol–water partition coefficient (Wildman–Crippen LogP) is 3.73. The minimum Gasteiger partial charge on any atom is -0.399 e. The molecule has 0 unspecified atom stereocenters. The molecule has 0 bridgehead atoms. The molecule has 0 atom stereocenters. The van der Waals surface area contributed by atoms with Crippen LogP contribution < -0.4 is 11.5 Å². The van der Waals surface area contributed by atoms with Crippen LogP contribution in [-0.4, -0.2) is 0 Å². The van der Waals surface area contributed by atoms with Gasteiger partial charge in [-0.3, -0.25) is 0 Å². The summed E-state index contributed by atoms with van der Waals surface area (Å²) >= 11 is 0. The van der Waals surface area contributed by atoms with Gasteiger partial charge in [-0.1, -0.05) is 36.4 Å². The second-order valence-corrected chi connectivity index (χ2v) is 4.95. The largest absolute Gasteiger partial charge is 0.399 e. The Balaban J connectivity index is 2.54. The van der Waals surface area contributed by atoms with E-state index in [4.69, 9.17) is 11.5 Å². The maximum atomic E-state index is 5.77. The zero-order valence-electron chi connectivity index (χ0n) is 11.4. The molecule has 98 valence electrons. The molecule has 2 rings (SSSR count). The summed E-state index contributed by atoms with van der Waals surface area (Å²) in [5.74, 6) is 0. The molecule has 0 radical (unpaired) electrons. The summed E-state index contributed by atoms with van der Waals surface area (Å²) < 4.78 is 0. The van der Waals surface area contributed by atoms with Gasteiger partial charge in [0.05, 0.1) is 0 Å². The van der Waals surface area contributed by atoms with Crippen LogP contribution in [0.1, 0.15) is 25.0 Å². The molecule has 2 aromatic carbocycles. The Labute approximate surface area is 114 Å². The molecular formula is C17H20N2. The molecule has 0 saturated carbocycles. The average molecular weight is 252 g/mol. The summed E-state index contributed by atoms with van der Waals surface area (Å²) in [7, 11) is 0. The highest BCUT2D eigenvalue weighted by Gasteiger charge is 2.25. The summed E-state index contributed by atoms with van der Waals surface area (Å²) in [5.41, 5.74) is 15.4. The van der Waals surface area contributed by atoms with E-state index in [0.29, 0.717) is 0 Å². The van der Waals surface area contributed by atoms with E-state index < -0.39 is 0 Å². The second kappa shape index (κ2) is 5.19. The van der Waals surface area contributed by atoms with Crippen molar-refractivity contribution in [2.45, 2.75) is 19.3 Å². The van der Waals surface area contributed by atoms with Crippen LogP contribution in [0.4, 0.5) is 11.4 Å². The minimum atomic E-state index is -0.170. The molecule has 19 heavy (non-hydrogen) atoms. The molecule has 2 aromatic rings. The summed E-state index contributed by atoms with van der Waals surface area (Å²) in [4.78, 5) is 0. The molecule has 2 heteroatoms. The first kappa shape index (κ1) is 13.2. The van der Waals surface area contributed by atoms with E-state index in [1.807, 2.05) is 31.2 Å². The van der Waals surface area contributed by atoms with Crippen molar-refractivity contribution in [3.63, 3.8) is 0 Å². The molecule has 0 aliphatic heterocycles. The lowest BCUT2D eigenvalue weighted by Crippen LogP contribution is -2.20. The number of nitrogens with two attached hydrogens (primary N) is 2. The van der Waals surface area contributed by atoms with Gasteiger partial charge in [0, 0.05) is 16.8 Å². The molecule has 4 N–H and O–H groups in total. The van der Waals surface area contributed by atoms with Crippen molar-refractivity contribution in [3.8, 4) is 0 Å². The Bertz CT molecular complexity index is 520. The van der Waals surface area contributed by atoms with Gasteiger partial charge in [0.1, 0.15) is 0 Å². The molecule has 0 spiro atoms. The highest BCUT2D eigenvalue weighted by Crippen LogP contribution is 2.34. The van der Waals surface area contributed by atoms with Gasteiger partial charge in [0.25, 0.3) is 0 Å². The third-order valence-corrected chi connectivity index (χ3v) is 3.52. The number of hydrogen-bond acceptors (Lipinski definition) is 2. The highest BCUT2D eigenvalue weighted by molar-refractivity contribution is 5.50. The van der Waals surface area contributed by atoms with Crippen molar-refractivity contribution < 1.29 is 0 Å². The fourth-order valence-electron chi connectivity index (χ4n) is 2.35. The third kappa shape index (κ3) is 2.63. The number of allylic oxidation sites excluding steroid dienone is 2. The summed E-state index contributed by atoms with van der Waals surface area (Å²) in [6.45, 7) is 4.23. The maximum absolute atomic E-state index is 5.77. The molecule has 0 aliphatic rings. The van der Waals surface area contributed by atoms with E-state index >= 15 is 0 Å². The SMILES string of the molecule is C/C=C/C(C)(c1ccc(N)cc1)c1ccc(N)cc1. The van der Waals surface area contributed by atoms with E-state index in [9.17, 15) is 0 Å². The van der Waals surface area contributed by atoms with Crippen LogP contribution in [0.3, 0.4) is 0 Å². The molecule has 0 aliphatic carbocycles. The second-order valence-electron chi connectivity index (χ2n) is 4.95. The summed E-state index contributed by atoms with van der Waals surface area (Å²) in [6, 6.07) is 16.1. The van der Waals surface area contributed by atoms with Gasteiger partial charge in [-0.15, -0.1) is 0 Å². The number of anilines is 2. The highest BCUT2D eigenvalue weighted by atomic mass is 14.5. The Morgan fingerprint density at radius 2 is 1.16 bits per heavy atom. The molecule has 0 heterocycles. The van der Waals surface area contributed by atoms with Gasteiger partial charge in [-0.25, -0.2) is 0 Å². The van der Waals surface area contributed by atoms with Crippen molar-refractivity contribution in [1.29, 1.82) is 0 Å². The Kier molecular flexibility index (Phi) is 3.61. The Morgan fingerprint density at radius 3 is 1.47 bits per heavy atom. The van der Waals surface area contributed by atoms with Gasteiger partial charge in [-0.2, -0.15) is 0 Å². The first-order chi connectivity index (χ1) is 9.06. The number of hydrogen-bond donors (Lipinski definition) is 2. The van der Waals surface area contributed by atoms with Gasteiger partial charge in [0.2, 0.25) is 0 Å². The lowest BCUT2D eigenvalue weighted by Gasteiger charge is -2.28. The van der Waals surface area contributed by atoms with Crippen molar-refractivity contribution in [2.24, 2.45) is 0 Å². The molecule has 0 amide bonds. The van der Waals surface area contributed by atoms with Crippen LogP contribution >= 0.6 is 0 Å². The zero-order chi connectivity index (χ0) is 13.9. The van der Waals surface area contributed by atoms with Crippen molar-refractivity contribution in [2.75, 3.05) is 11.5 Å². The van der Waals surface area contributed by atoms with Crippen LogP contribution in [0.2, 0.25) is 0 Å². The number of rotatable bonds is 3. The fraction of sp³-hybridized carbons (Fsp3) is 0.176. The first-order valence-electron chi connectivity index (χ1n) is 6.42. The maximum Gasteiger partial charge on any atom is 0.0353 e. The van der Waals surface area contributed by atoms with Crippen LogP contribution in [0, 0.1) is 0 Å². The van der Waals surface area contributed by atoms with Crippen molar-refractivity contribution >= 4 is 11.4 Å². The monoisotopic (exact) mass is 252 g/mol. The van der Waals surface area contributed by atoms with Gasteiger partial charge < -0.3 is 11.5 Å². The summed E-state index contributed by atoms with van der Waals surface area (Å²) in [6.07, 6.45) is 4.27. The van der Waals surface area contributed by atoms with Crippen LogP contribution in [0.15, 0.2) is 60.7 Å². The smallest absolute Gasteiger partial charge is 0.0353 e. The van der Waals surface area contributed by atoms with Gasteiger partial charge in [-0.05, 0) is 49.2 Å². The van der Waals surface area contributed by atoms with Crippen molar-refractivity contribution in [1.82, 2.24) is 0 Å². The minimum absolute atomic E-state index is 0.170. The fourth-order valence-corrected chi connectivity index (χ4v) is 2.35. The standard InChI is InChI=1S/C17H20N2/c1-3-12-17(2,13-4-8-15(18)9-5-13)14-6-10-16(19)11-7-14/h3-12H,18-19H2,1-2H3/b12-3+. The topological polar surface area (TPSA) is 52.0 Å². The van der Waals surface area contributed by atoms with Crippen LogP contribution in [-0.2, 0) is 5.41 Å². The van der Waals surface area contributed by atoms with E-state index in [1.165, 1.54) is 11.1 Å². The molecule has 2 nitrogen and oxygen atoms in total. The van der Waals surface area contributed by atoms with Crippen LogP contribution in [0.25, 0.3) is 0 Å². The Hall–Kier alpha value is -2.22.